The average molecular weight is 476 g/mol. The van der Waals surface area contributed by atoms with Crippen molar-refractivity contribution < 1.29 is 23.8 Å². The smallest absolute Gasteiger partial charge is 0.243 e. The van der Waals surface area contributed by atoms with Crippen molar-refractivity contribution in [2.45, 2.75) is 20.0 Å². The molecule has 1 aliphatic rings. The van der Waals surface area contributed by atoms with Crippen LogP contribution >= 0.6 is 0 Å². The van der Waals surface area contributed by atoms with Gasteiger partial charge in [0.05, 0.1) is 25.3 Å². The van der Waals surface area contributed by atoms with Crippen LogP contribution in [0.2, 0.25) is 0 Å². The van der Waals surface area contributed by atoms with Crippen LogP contribution in [0.25, 0.3) is 0 Å². The van der Waals surface area contributed by atoms with Crippen LogP contribution in [0.15, 0.2) is 72.8 Å². The van der Waals surface area contributed by atoms with Gasteiger partial charge in [0.15, 0.2) is 11.5 Å². The van der Waals surface area contributed by atoms with E-state index >= 15 is 0 Å². The minimum absolute atomic E-state index is 0.0871. The summed E-state index contributed by atoms with van der Waals surface area (Å²) >= 11 is 0. The zero-order valence-electron chi connectivity index (χ0n) is 19.8. The maximum atomic E-state index is 12.7. The first-order chi connectivity index (χ1) is 17.1. The van der Waals surface area contributed by atoms with Crippen molar-refractivity contribution in [1.82, 2.24) is 5.43 Å². The highest BCUT2D eigenvalue weighted by Gasteiger charge is 2.35. The molecule has 0 bridgehead atoms. The van der Waals surface area contributed by atoms with Crippen LogP contribution < -0.4 is 30.0 Å². The number of anilines is 2. The first-order valence-electron chi connectivity index (χ1n) is 11.5. The van der Waals surface area contributed by atoms with E-state index < -0.39 is 5.92 Å². The van der Waals surface area contributed by atoms with Crippen LogP contribution in [0.1, 0.15) is 18.9 Å². The van der Waals surface area contributed by atoms with Gasteiger partial charge in [-0.2, -0.15) is 0 Å². The molecule has 1 heterocycles. The number of hydrogen-bond donors (Lipinski definition) is 2. The van der Waals surface area contributed by atoms with Gasteiger partial charge in [0.25, 0.3) is 0 Å². The number of carbonyl (C=O) groups excluding carboxylic acids is 2. The molecule has 0 radical (unpaired) electrons. The van der Waals surface area contributed by atoms with Gasteiger partial charge in [0.2, 0.25) is 11.8 Å². The molecular formula is C27H29N3O5. The third-order valence-corrected chi connectivity index (χ3v) is 5.69. The van der Waals surface area contributed by atoms with Crippen LogP contribution in [-0.2, 0) is 16.2 Å². The van der Waals surface area contributed by atoms with Crippen LogP contribution in [0.3, 0.4) is 0 Å². The van der Waals surface area contributed by atoms with Gasteiger partial charge in [-0.05, 0) is 48.9 Å². The Kier molecular flexibility index (Phi) is 7.72. The summed E-state index contributed by atoms with van der Waals surface area (Å²) in [5, 5.41) is 0. The molecule has 0 spiro atoms. The van der Waals surface area contributed by atoms with E-state index in [-0.39, 0.29) is 18.2 Å². The van der Waals surface area contributed by atoms with E-state index in [0.717, 1.165) is 17.0 Å². The first-order valence-corrected chi connectivity index (χ1v) is 11.5. The molecule has 0 unspecified atom stereocenters. The summed E-state index contributed by atoms with van der Waals surface area (Å²) in [4.78, 5) is 26.9. The number of hydrogen-bond acceptors (Lipinski definition) is 6. The Morgan fingerprint density at radius 3 is 2.49 bits per heavy atom. The summed E-state index contributed by atoms with van der Waals surface area (Å²) < 4.78 is 16.8. The molecule has 1 aliphatic heterocycles. The van der Waals surface area contributed by atoms with Gasteiger partial charge in [-0.1, -0.05) is 30.3 Å². The molecule has 1 atom stereocenters. The molecule has 4 rings (SSSR count). The topological polar surface area (TPSA) is 89.1 Å². The van der Waals surface area contributed by atoms with E-state index in [0.29, 0.717) is 36.9 Å². The van der Waals surface area contributed by atoms with Crippen LogP contribution in [-0.4, -0.2) is 32.1 Å². The lowest BCUT2D eigenvalue weighted by Crippen LogP contribution is -2.36. The summed E-state index contributed by atoms with van der Waals surface area (Å²) in [7, 11) is 1.56. The number of rotatable bonds is 10. The van der Waals surface area contributed by atoms with E-state index in [2.05, 4.69) is 10.9 Å². The highest BCUT2D eigenvalue weighted by Crippen LogP contribution is 2.31. The quantitative estimate of drug-likeness (QED) is 0.428. The van der Waals surface area contributed by atoms with Crippen molar-refractivity contribution >= 4 is 23.2 Å². The number of nitrogens with zero attached hydrogens (tertiary/aromatic N) is 1. The summed E-state index contributed by atoms with van der Waals surface area (Å²) in [6, 6.07) is 22.5. The summed E-state index contributed by atoms with van der Waals surface area (Å²) in [6.07, 6.45) is 0.149. The molecule has 0 aliphatic carbocycles. The molecule has 0 saturated carbocycles. The maximum Gasteiger partial charge on any atom is 0.243 e. The van der Waals surface area contributed by atoms with Crippen molar-refractivity contribution in [2.24, 2.45) is 5.92 Å². The first kappa shape index (κ1) is 23.9. The molecule has 1 fully saturated rings. The van der Waals surface area contributed by atoms with Gasteiger partial charge < -0.3 is 19.1 Å². The van der Waals surface area contributed by atoms with Crippen molar-refractivity contribution in [3.63, 3.8) is 0 Å². The Morgan fingerprint density at radius 2 is 1.77 bits per heavy atom. The molecule has 1 saturated heterocycles. The van der Waals surface area contributed by atoms with Gasteiger partial charge in [0, 0.05) is 24.7 Å². The van der Waals surface area contributed by atoms with Gasteiger partial charge in [-0.3, -0.25) is 20.4 Å². The fourth-order valence-electron chi connectivity index (χ4n) is 3.86. The molecule has 2 N–H and O–H groups in total. The fraction of sp³-hybridized carbons (Fsp3) is 0.259. The number of methoxy groups -OCH3 is 1. The minimum Gasteiger partial charge on any atom is -0.494 e. The largest absolute Gasteiger partial charge is 0.494 e. The second-order valence-corrected chi connectivity index (χ2v) is 8.09. The highest BCUT2D eigenvalue weighted by atomic mass is 16.5. The zero-order chi connectivity index (χ0) is 24.6. The van der Waals surface area contributed by atoms with Crippen LogP contribution in [0.4, 0.5) is 11.4 Å². The number of benzene rings is 3. The molecule has 182 valence electrons. The number of nitrogens with one attached hydrogen (secondary N) is 2. The minimum atomic E-state index is -0.461. The zero-order valence-corrected chi connectivity index (χ0v) is 19.8. The molecular weight excluding hydrogens is 446 g/mol. The van der Waals surface area contributed by atoms with Crippen molar-refractivity contribution in [3.05, 3.63) is 78.4 Å². The lowest BCUT2D eigenvalue weighted by molar-refractivity contribution is -0.125. The second-order valence-electron chi connectivity index (χ2n) is 8.09. The van der Waals surface area contributed by atoms with Crippen LogP contribution in [0.5, 0.6) is 17.2 Å². The summed E-state index contributed by atoms with van der Waals surface area (Å²) in [6.45, 7) is 3.23. The van der Waals surface area contributed by atoms with E-state index in [1.807, 2.05) is 61.5 Å². The normalized spacial score (nSPS) is 15.0. The molecule has 8 heteroatoms. The molecule has 2 amide bonds. The van der Waals surface area contributed by atoms with E-state index in [4.69, 9.17) is 14.2 Å². The number of hydrazine groups is 1. The number of amides is 2. The maximum absolute atomic E-state index is 12.7. The van der Waals surface area contributed by atoms with Crippen molar-refractivity contribution in [1.29, 1.82) is 0 Å². The molecule has 35 heavy (non-hydrogen) atoms. The third-order valence-electron chi connectivity index (χ3n) is 5.69. The Labute approximate surface area is 204 Å². The van der Waals surface area contributed by atoms with Crippen LogP contribution in [0, 0.1) is 5.92 Å². The fourth-order valence-corrected chi connectivity index (χ4v) is 3.86. The molecule has 8 nitrogen and oxygen atoms in total. The number of ether oxygens (including phenoxy) is 3. The SMILES string of the molecule is CCOc1ccc(N2C[C@@H](C(=O)NNc3ccc(OCc4ccccc4)c(OC)c3)CC2=O)cc1. The highest BCUT2D eigenvalue weighted by molar-refractivity contribution is 6.00. The predicted molar refractivity (Wildman–Crippen MR) is 134 cm³/mol. The molecule has 3 aromatic rings. The molecule has 0 aromatic heterocycles. The summed E-state index contributed by atoms with van der Waals surface area (Å²) in [5.74, 6) is 1.08. The predicted octanol–water partition coefficient (Wildman–Crippen LogP) is 4.17. The second kappa shape index (κ2) is 11.3. The Balaban J connectivity index is 1.32. The lowest BCUT2D eigenvalue weighted by atomic mass is 10.1. The van der Waals surface area contributed by atoms with E-state index in [1.54, 1.807) is 30.2 Å². The monoisotopic (exact) mass is 475 g/mol. The Hall–Kier alpha value is -4.20. The Morgan fingerprint density at radius 1 is 1.00 bits per heavy atom. The lowest BCUT2D eigenvalue weighted by Gasteiger charge is -2.18. The third kappa shape index (κ3) is 6.03. The van der Waals surface area contributed by atoms with Gasteiger partial charge in [-0.15, -0.1) is 0 Å². The number of carbonyl (C=O) groups is 2. The van der Waals surface area contributed by atoms with Gasteiger partial charge in [-0.25, -0.2) is 0 Å². The van der Waals surface area contributed by atoms with E-state index in [1.165, 1.54) is 0 Å². The standard InChI is InChI=1S/C27H29N3O5/c1-3-34-23-12-10-22(11-13-23)30-17-20(15-26(30)31)27(32)29-28-21-9-14-24(25(16-21)33-2)35-18-19-7-5-4-6-8-19/h4-14,16,20,28H,3,15,17-18H2,1-2H3,(H,29,32)/t20-/m0/s1. The molecule has 3 aromatic carbocycles. The van der Waals surface area contributed by atoms with Gasteiger partial charge in [0.1, 0.15) is 12.4 Å². The van der Waals surface area contributed by atoms with Crippen molar-refractivity contribution in [2.75, 3.05) is 30.6 Å². The van der Waals surface area contributed by atoms with E-state index in [9.17, 15) is 9.59 Å². The average Bonchev–Trinajstić information content (AvgIpc) is 3.29. The van der Waals surface area contributed by atoms with Gasteiger partial charge >= 0.3 is 0 Å². The summed E-state index contributed by atoms with van der Waals surface area (Å²) in [5.41, 5.74) is 8.04. The Bertz CT molecular complexity index is 1150. The van der Waals surface area contributed by atoms with Crippen molar-refractivity contribution in [3.8, 4) is 17.2 Å².